The summed E-state index contributed by atoms with van der Waals surface area (Å²) in [6.07, 6.45) is 1.89. The summed E-state index contributed by atoms with van der Waals surface area (Å²) in [5, 5.41) is 5.49. The van der Waals surface area contributed by atoms with Gasteiger partial charge in [-0.2, -0.15) is 0 Å². The number of thioether (sulfide) groups is 1. The Bertz CT molecular complexity index is 431. The van der Waals surface area contributed by atoms with Crippen LogP contribution >= 0.6 is 11.8 Å². The van der Waals surface area contributed by atoms with Crippen molar-refractivity contribution in [2.75, 3.05) is 11.6 Å². The van der Waals surface area contributed by atoms with Crippen LogP contribution in [0.1, 0.15) is 0 Å². The van der Waals surface area contributed by atoms with Crippen molar-refractivity contribution in [3.63, 3.8) is 0 Å². The summed E-state index contributed by atoms with van der Waals surface area (Å²) in [6.45, 7) is 0. The van der Waals surface area contributed by atoms with Crippen molar-refractivity contribution in [3.8, 4) is 0 Å². The van der Waals surface area contributed by atoms with E-state index in [9.17, 15) is 8.60 Å². The van der Waals surface area contributed by atoms with Gasteiger partial charge < -0.3 is 5.32 Å². The van der Waals surface area contributed by atoms with Gasteiger partial charge in [0.25, 0.3) is 0 Å². The normalized spacial score (nSPS) is 19.6. The molecule has 1 aliphatic rings. The van der Waals surface area contributed by atoms with Crippen LogP contribution in [0.25, 0.3) is 0 Å². The second-order valence-corrected chi connectivity index (χ2v) is 4.87. The van der Waals surface area contributed by atoms with Gasteiger partial charge in [-0.05, 0) is 24.5 Å². The third-order valence-electron chi connectivity index (χ3n) is 1.85. The van der Waals surface area contributed by atoms with Crippen LogP contribution in [0.5, 0.6) is 0 Å². The Morgan fingerprint density at radius 1 is 1.50 bits per heavy atom. The summed E-state index contributed by atoms with van der Waals surface area (Å²) >= 11 is 1.48. The quantitative estimate of drug-likeness (QED) is 0.802. The molecule has 5 heteroatoms. The van der Waals surface area contributed by atoms with Crippen LogP contribution in [0, 0.1) is 5.82 Å². The first-order valence-corrected chi connectivity index (χ1v) is 6.37. The minimum absolute atomic E-state index is 0.361. The Labute approximate surface area is 88.0 Å². The molecule has 0 spiro atoms. The highest BCUT2D eigenvalue weighted by Crippen LogP contribution is 2.30. The fraction of sp³-hybridized carbons (Fsp3) is 0.111. The molecule has 0 bridgehead atoms. The smallest absolute Gasteiger partial charge is 0.124 e. The third-order valence-corrected chi connectivity index (χ3v) is 3.88. The minimum atomic E-state index is -1.24. The van der Waals surface area contributed by atoms with Crippen LogP contribution in [-0.2, 0) is 10.8 Å². The lowest BCUT2D eigenvalue weighted by Gasteiger charge is -2.16. The predicted molar refractivity (Wildman–Crippen MR) is 58.0 cm³/mol. The molecule has 0 saturated carbocycles. The first-order chi connectivity index (χ1) is 6.70. The van der Waals surface area contributed by atoms with Gasteiger partial charge in [-0.3, -0.25) is 0 Å². The molecule has 0 aromatic heterocycles. The molecule has 1 N–H and O–H groups in total. The molecule has 74 valence electrons. The van der Waals surface area contributed by atoms with E-state index in [-0.39, 0.29) is 5.82 Å². The van der Waals surface area contributed by atoms with E-state index in [2.05, 4.69) is 5.32 Å². The molecule has 1 aromatic carbocycles. The zero-order valence-corrected chi connectivity index (χ0v) is 9.05. The van der Waals surface area contributed by atoms with Crippen LogP contribution < -0.4 is 5.32 Å². The molecule has 1 aromatic rings. The van der Waals surface area contributed by atoms with Crippen molar-refractivity contribution in [2.24, 2.45) is 0 Å². The van der Waals surface area contributed by atoms with E-state index in [1.54, 1.807) is 11.5 Å². The molecule has 0 amide bonds. The number of hydrogen-bond donors (Lipinski definition) is 1. The number of benzene rings is 1. The molecule has 0 fully saturated rings. The van der Waals surface area contributed by atoms with Crippen molar-refractivity contribution in [2.45, 2.75) is 4.90 Å². The van der Waals surface area contributed by atoms with Crippen LogP contribution in [0.15, 0.2) is 33.5 Å². The average molecular weight is 229 g/mol. The van der Waals surface area contributed by atoms with E-state index in [0.29, 0.717) is 4.90 Å². The molecule has 1 heterocycles. The van der Waals surface area contributed by atoms with Crippen LogP contribution in [-0.4, -0.2) is 10.5 Å². The lowest BCUT2D eigenvalue weighted by molar-refractivity contribution is 0.623. The third kappa shape index (κ3) is 1.69. The maximum Gasteiger partial charge on any atom is 0.124 e. The molecule has 1 unspecified atom stereocenters. The lowest BCUT2D eigenvalue weighted by atomic mass is 10.3. The fourth-order valence-corrected chi connectivity index (χ4v) is 2.99. The Morgan fingerprint density at radius 2 is 2.29 bits per heavy atom. The molecule has 1 aliphatic heterocycles. The summed E-state index contributed by atoms with van der Waals surface area (Å²) in [4.78, 5) is 0.503. The van der Waals surface area contributed by atoms with Gasteiger partial charge in [-0.25, -0.2) is 8.60 Å². The van der Waals surface area contributed by atoms with E-state index < -0.39 is 10.8 Å². The van der Waals surface area contributed by atoms with Gasteiger partial charge in [-0.15, -0.1) is 11.8 Å². The Hall–Kier alpha value is -0.810. The maximum atomic E-state index is 12.9. The maximum absolute atomic E-state index is 12.9. The molecular formula is C9H8FNOS2. The monoisotopic (exact) mass is 229 g/mol. The van der Waals surface area contributed by atoms with Gasteiger partial charge in [0.1, 0.15) is 5.82 Å². The summed E-state index contributed by atoms with van der Waals surface area (Å²) in [5.41, 5.74) is 0.719. The number of anilines is 1. The molecule has 0 saturated heterocycles. The fourth-order valence-electron chi connectivity index (χ4n) is 1.19. The highest BCUT2D eigenvalue weighted by Gasteiger charge is 2.16. The summed E-state index contributed by atoms with van der Waals surface area (Å²) in [7, 11) is -1.24. The summed E-state index contributed by atoms with van der Waals surface area (Å²) in [5.74, 6) is -0.361. The van der Waals surface area contributed by atoms with Crippen LogP contribution in [0.3, 0.4) is 0 Å². The van der Waals surface area contributed by atoms with E-state index in [1.807, 2.05) is 6.26 Å². The molecule has 0 aliphatic carbocycles. The topological polar surface area (TPSA) is 29.1 Å². The van der Waals surface area contributed by atoms with Crippen LogP contribution in [0.2, 0.25) is 0 Å². The van der Waals surface area contributed by atoms with E-state index in [4.69, 9.17) is 0 Å². The van der Waals surface area contributed by atoms with E-state index >= 15 is 0 Å². The molecule has 14 heavy (non-hydrogen) atoms. The second-order valence-electron chi connectivity index (χ2n) is 2.75. The van der Waals surface area contributed by atoms with E-state index in [1.165, 1.54) is 23.9 Å². The van der Waals surface area contributed by atoms with Crippen molar-refractivity contribution < 1.29 is 8.60 Å². The highest BCUT2D eigenvalue weighted by molar-refractivity contribution is 8.03. The second kappa shape index (κ2) is 3.74. The van der Waals surface area contributed by atoms with Crippen molar-refractivity contribution >= 4 is 28.2 Å². The highest BCUT2D eigenvalue weighted by atomic mass is 32.2. The Balaban J connectivity index is 2.48. The molecular weight excluding hydrogens is 221 g/mol. The van der Waals surface area contributed by atoms with Gasteiger partial charge in [0.15, 0.2) is 0 Å². The number of fused-ring (bicyclic) bond motifs is 1. The number of halogens is 1. The van der Waals surface area contributed by atoms with Crippen molar-refractivity contribution in [1.82, 2.24) is 0 Å². The molecule has 2 rings (SSSR count). The molecule has 0 radical (unpaired) electrons. The largest absolute Gasteiger partial charge is 0.349 e. The SMILES string of the molecule is CSC1=CS(=O)c2cc(F)ccc2N1. The first kappa shape index (κ1) is 9.73. The average Bonchev–Trinajstić information content (AvgIpc) is 2.19. The standard InChI is InChI=1S/C9H8FNOS2/c1-13-9-5-14(12)8-4-6(10)2-3-7(8)11-9/h2-5,11H,1H3. The van der Waals surface area contributed by atoms with Gasteiger partial charge in [-0.1, -0.05) is 0 Å². The van der Waals surface area contributed by atoms with Gasteiger partial charge in [0, 0.05) is 5.41 Å². The zero-order chi connectivity index (χ0) is 10.1. The van der Waals surface area contributed by atoms with Gasteiger partial charge >= 0.3 is 0 Å². The lowest BCUT2D eigenvalue weighted by Crippen LogP contribution is -2.07. The number of hydrogen-bond acceptors (Lipinski definition) is 3. The van der Waals surface area contributed by atoms with Crippen molar-refractivity contribution in [3.05, 3.63) is 34.5 Å². The van der Waals surface area contributed by atoms with Crippen molar-refractivity contribution in [1.29, 1.82) is 0 Å². The Morgan fingerprint density at radius 3 is 3.00 bits per heavy atom. The number of rotatable bonds is 1. The number of nitrogens with one attached hydrogen (secondary N) is 1. The first-order valence-electron chi connectivity index (χ1n) is 3.93. The van der Waals surface area contributed by atoms with Gasteiger partial charge in [0.2, 0.25) is 0 Å². The Kier molecular flexibility index (Phi) is 2.60. The molecule has 1 atom stereocenters. The van der Waals surface area contributed by atoms with Gasteiger partial charge in [0.05, 0.1) is 26.4 Å². The summed E-state index contributed by atoms with van der Waals surface area (Å²) < 4.78 is 24.5. The summed E-state index contributed by atoms with van der Waals surface area (Å²) in [6, 6.07) is 4.25. The van der Waals surface area contributed by atoms with Crippen LogP contribution in [0.4, 0.5) is 10.1 Å². The predicted octanol–water partition coefficient (Wildman–Crippen LogP) is 2.52. The van der Waals surface area contributed by atoms with E-state index in [0.717, 1.165) is 10.7 Å². The zero-order valence-electron chi connectivity index (χ0n) is 7.41. The molecule has 2 nitrogen and oxygen atoms in total. The minimum Gasteiger partial charge on any atom is -0.349 e.